The van der Waals surface area contributed by atoms with Crippen molar-refractivity contribution in [2.45, 2.75) is 18.5 Å². The highest BCUT2D eigenvalue weighted by molar-refractivity contribution is 7.99. The molecule has 3 aromatic rings. The molecule has 1 amide bonds. The summed E-state index contributed by atoms with van der Waals surface area (Å²) in [4.78, 5) is 27.2. The Morgan fingerprint density at radius 2 is 2.11 bits per heavy atom. The van der Waals surface area contributed by atoms with Crippen LogP contribution in [0.1, 0.15) is 13.3 Å². The van der Waals surface area contributed by atoms with Gasteiger partial charge in [-0.2, -0.15) is 0 Å². The molecule has 0 aliphatic heterocycles. The number of amides is 1. The van der Waals surface area contributed by atoms with Gasteiger partial charge in [0.2, 0.25) is 5.91 Å². The third-order valence-electron chi connectivity index (χ3n) is 4.05. The van der Waals surface area contributed by atoms with Gasteiger partial charge in [0, 0.05) is 18.7 Å². The molecule has 146 valence electrons. The summed E-state index contributed by atoms with van der Waals surface area (Å²) in [5.41, 5.74) is 1.90. The van der Waals surface area contributed by atoms with E-state index in [2.05, 4.69) is 10.3 Å². The fourth-order valence-electron chi connectivity index (χ4n) is 2.75. The van der Waals surface area contributed by atoms with Gasteiger partial charge in [0.05, 0.1) is 34.5 Å². The van der Waals surface area contributed by atoms with E-state index in [9.17, 15) is 14.9 Å². The molecule has 0 aliphatic carbocycles. The number of nitro benzene ring substituents is 1. The molecule has 0 spiro atoms. The summed E-state index contributed by atoms with van der Waals surface area (Å²) in [6, 6.07) is 12.0. The van der Waals surface area contributed by atoms with Crippen LogP contribution in [0.3, 0.4) is 0 Å². The third-order valence-corrected chi connectivity index (χ3v) is 4.99. The molecule has 0 fully saturated rings. The Bertz CT molecular complexity index is 1020. The predicted octanol–water partition coefficient (Wildman–Crippen LogP) is 3.56. The molecule has 3 rings (SSSR count). The second-order valence-electron chi connectivity index (χ2n) is 5.97. The van der Waals surface area contributed by atoms with Gasteiger partial charge >= 0.3 is 0 Å². The second-order valence-corrected chi connectivity index (χ2v) is 6.91. The second kappa shape index (κ2) is 8.75. The zero-order chi connectivity index (χ0) is 20.1. The van der Waals surface area contributed by atoms with Crippen molar-refractivity contribution < 1.29 is 14.5 Å². The van der Waals surface area contributed by atoms with E-state index in [4.69, 9.17) is 4.74 Å². The van der Waals surface area contributed by atoms with E-state index in [0.29, 0.717) is 28.5 Å². The molecule has 2 aromatic carbocycles. The van der Waals surface area contributed by atoms with Crippen LogP contribution in [0.4, 0.5) is 5.69 Å². The summed E-state index contributed by atoms with van der Waals surface area (Å²) >= 11 is 1.27. The van der Waals surface area contributed by atoms with Crippen LogP contribution in [0.5, 0.6) is 5.75 Å². The third kappa shape index (κ3) is 4.09. The number of methoxy groups -OCH3 is 1. The Kier molecular flexibility index (Phi) is 6.15. The van der Waals surface area contributed by atoms with E-state index < -0.39 is 4.92 Å². The zero-order valence-electron chi connectivity index (χ0n) is 15.5. The maximum atomic E-state index is 12.0. The normalized spacial score (nSPS) is 10.8. The number of non-ortho nitro benzene ring substituents is 1. The van der Waals surface area contributed by atoms with Crippen molar-refractivity contribution in [1.29, 1.82) is 0 Å². The number of carbonyl (C=O) groups excluding carboxylic acids is 1. The standard InChI is InChI=1S/C19H20N4O4S/c1-3-10-20-18(24)12-28-19-21-14-11-13(23(25)26)8-9-15(14)22(19)16-6-4-5-7-17(16)27-2/h4-9,11H,3,10,12H2,1-2H3,(H,20,24). The Morgan fingerprint density at radius 1 is 1.32 bits per heavy atom. The number of nitro groups is 1. The molecule has 0 atom stereocenters. The zero-order valence-corrected chi connectivity index (χ0v) is 16.4. The van der Waals surface area contributed by atoms with E-state index in [1.54, 1.807) is 13.2 Å². The SMILES string of the molecule is CCCNC(=O)CSc1nc2cc([N+](=O)[O-])ccc2n1-c1ccccc1OC. The van der Waals surface area contributed by atoms with Crippen LogP contribution < -0.4 is 10.1 Å². The number of fused-ring (bicyclic) bond motifs is 1. The van der Waals surface area contributed by atoms with Crippen molar-refractivity contribution in [3.8, 4) is 11.4 Å². The van der Waals surface area contributed by atoms with Crippen LogP contribution in [-0.2, 0) is 4.79 Å². The van der Waals surface area contributed by atoms with Gasteiger partial charge < -0.3 is 10.1 Å². The highest BCUT2D eigenvalue weighted by atomic mass is 32.2. The molecular formula is C19H20N4O4S. The van der Waals surface area contributed by atoms with Gasteiger partial charge in [-0.1, -0.05) is 30.8 Å². The lowest BCUT2D eigenvalue weighted by Crippen LogP contribution is -2.25. The highest BCUT2D eigenvalue weighted by Crippen LogP contribution is 2.33. The van der Waals surface area contributed by atoms with Crippen molar-refractivity contribution in [2.24, 2.45) is 0 Å². The predicted molar refractivity (Wildman–Crippen MR) is 108 cm³/mol. The number of thioether (sulfide) groups is 1. The largest absolute Gasteiger partial charge is 0.495 e. The number of hydrogen-bond donors (Lipinski definition) is 1. The van der Waals surface area contributed by atoms with Crippen molar-refractivity contribution in [2.75, 3.05) is 19.4 Å². The summed E-state index contributed by atoms with van der Waals surface area (Å²) in [5.74, 6) is 0.745. The Hall–Kier alpha value is -3.07. The van der Waals surface area contributed by atoms with Gasteiger partial charge in [0.1, 0.15) is 5.75 Å². The number of imidazole rings is 1. The summed E-state index contributed by atoms with van der Waals surface area (Å²) in [6.07, 6.45) is 0.861. The van der Waals surface area contributed by atoms with Crippen molar-refractivity contribution in [1.82, 2.24) is 14.9 Å². The number of rotatable bonds is 8. The van der Waals surface area contributed by atoms with Crippen LogP contribution in [0.25, 0.3) is 16.7 Å². The van der Waals surface area contributed by atoms with Crippen molar-refractivity contribution >= 4 is 34.4 Å². The average Bonchev–Trinajstić information content (AvgIpc) is 3.07. The van der Waals surface area contributed by atoms with Crippen LogP contribution >= 0.6 is 11.8 Å². The number of hydrogen-bond acceptors (Lipinski definition) is 6. The fourth-order valence-corrected chi connectivity index (χ4v) is 3.60. The Morgan fingerprint density at radius 3 is 2.82 bits per heavy atom. The maximum absolute atomic E-state index is 12.0. The summed E-state index contributed by atoms with van der Waals surface area (Å²) in [5, 5.41) is 14.5. The lowest BCUT2D eigenvalue weighted by molar-refractivity contribution is -0.384. The minimum Gasteiger partial charge on any atom is -0.495 e. The van der Waals surface area contributed by atoms with Crippen LogP contribution in [0.15, 0.2) is 47.6 Å². The minimum absolute atomic E-state index is 0.0329. The first-order valence-corrected chi connectivity index (χ1v) is 9.73. The van der Waals surface area contributed by atoms with E-state index in [1.807, 2.05) is 35.8 Å². The van der Waals surface area contributed by atoms with E-state index >= 15 is 0 Å². The molecule has 1 aromatic heterocycles. The van der Waals surface area contributed by atoms with Gasteiger partial charge in [-0.25, -0.2) is 4.98 Å². The number of nitrogens with zero attached hydrogens (tertiary/aromatic N) is 3. The van der Waals surface area contributed by atoms with Crippen LogP contribution in [0, 0.1) is 10.1 Å². The Balaban J connectivity index is 2.07. The van der Waals surface area contributed by atoms with Crippen molar-refractivity contribution in [3.63, 3.8) is 0 Å². The van der Waals surface area contributed by atoms with Gasteiger partial charge in [-0.05, 0) is 24.6 Å². The monoisotopic (exact) mass is 400 g/mol. The van der Waals surface area contributed by atoms with Gasteiger partial charge in [0.15, 0.2) is 5.16 Å². The number of benzene rings is 2. The van der Waals surface area contributed by atoms with E-state index in [1.165, 1.54) is 23.9 Å². The molecule has 0 radical (unpaired) electrons. The molecule has 1 N–H and O–H groups in total. The molecule has 28 heavy (non-hydrogen) atoms. The maximum Gasteiger partial charge on any atom is 0.271 e. The minimum atomic E-state index is -0.452. The highest BCUT2D eigenvalue weighted by Gasteiger charge is 2.19. The molecule has 1 heterocycles. The summed E-state index contributed by atoms with van der Waals surface area (Å²) < 4.78 is 7.33. The number of nitrogens with one attached hydrogen (secondary N) is 1. The number of para-hydroxylation sites is 2. The molecule has 0 unspecified atom stereocenters. The number of aromatic nitrogens is 2. The fraction of sp³-hybridized carbons (Fsp3) is 0.263. The van der Waals surface area contributed by atoms with E-state index in [-0.39, 0.29) is 17.3 Å². The molecule has 0 aliphatic rings. The molecule has 9 heteroatoms. The first kappa shape index (κ1) is 19.7. The molecule has 0 saturated carbocycles. The first-order chi connectivity index (χ1) is 13.5. The lowest BCUT2D eigenvalue weighted by Gasteiger charge is -2.13. The van der Waals surface area contributed by atoms with Gasteiger partial charge in [0.25, 0.3) is 5.69 Å². The molecule has 0 saturated heterocycles. The van der Waals surface area contributed by atoms with E-state index in [0.717, 1.165) is 12.1 Å². The van der Waals surface area contributed by atoms with Crippen LogP contribution in [0.2, 0.25) is 0 Å². The average molecular weight is 400 g/mol. The van der Waals surface area contributed by atoms with Gasteiger partial charge in [-0.15, -0.1) is 0 Å². The van der Waals surface area contributed by atoms with Crippen molar-refractivity contribution in [3.05, 3.63) is 52.6 Å². The molecule has 0 bridgehead atoms. The smallest absolute Gasteiger partial charge is 0.271 e. The Labute approximate surface area is 166 Å². The molecule has 8 nitrogen and oxygen atoms in total. The topological polar surface area (TPSA) is 99.3 Å². The van der Waals surface area contributed by atoms with Gasteiger partial charge in [-0.3, -0.25) is 19.5 Å². The molecular weight excluding hydrogens is 380 g/mol. The lowest BCUT2D eigenvalue weighted by atomic mass is 10.2. The summed E-state index contributed by atoms with van der Waals surface area (Å²) in [7, 11) is 1.58. The number of ether oxygens (including phenoxy) is 1. The number of carbonyl (C=O) groups is 1. The first-order valence-electron chi connectivity index (χ1n) is 8.75. The summed E-state index contributed by atoms with van der Waals surface area (Å²) in [6.45, 7) is 2.61. The quantitative estimate of drug-likeness (QED) is 0.353. The van der Waals surface area contributed by atoms with Crippen LogP contribution in [-0.4, -0.2) is 39.8 Å².